The average molecular weight is 216 g/mol. The van der Waals surface area contributed by atoms with Crippen molar-refractivity contribution in [3.8, 4) is 11.5 Å². The van der Waals surface area contributed by atoms with Gasteiger partial charge in [0, 0.05) is 5.75 Å². The van der Waals surface area contributed by atoms with Crippen LogP contribution in [0.5, 0.6) is 11.5 Å². The molecule has 0 spiro atoms. The van der Waals surface area contributed by atoms with Crippen molar-refractivity contribution in [3.05, 3.63) is 60.2 Å². The second-order valence-electron chi connectivity index (χ2n) is 3.22. The van der Waals surface area contributed by atoms with E-state index in [1.807, 2.05) is 54.6 Å². The maximum absolute atomic E-state index is 5.69. The van der Waals surface area contributed by atoms with E-state index in [0.29, 0.717) is 0 Å². The fraction of sp³-hybridized carbons (Fsp3) is 0.0769. The number of benzene rings is 2. The van der Waals surface area contributed by atoms with Crippen molar-refractivity contribution in [3.63, 3.8) is 0 Å². The van der Waals surface area contributed by atoms with Crippen LogP contribution < -0.4 is 4.74 Å². The molecule has 2 heteroatoms. The molecule has 0 saturated heterocycles. The van der Waals surface area contributed by atoms with Crippen LogP contribution in [0.25, 0.3) is 0 Å². The van der Waals surface area contributed by atoms with Gasteiger partial charge in [-0.25, -0.2) is 0 Å². The fourth-order valence-corrected chi connectivity index (χ4v) is 1.53. The molecule has 0 aliphatic carbocycles. The second kappa shape index (κ2) is 4.89. The van der Waals surface area contributed by atoms with Crippen LogP contribution in [0.2, 0.25) is 0 Å². The van der Waals surface area contributed by atoms with Gasteiger partial charge in [0.25, 0.3) is 0 Å². The minimum Gasteiger partial charge on any atom is -0.457 e. The quantitative estimate of drug-likeness (QED) is 0.765. The smallest absolute Gasteiger partial charge is 0.127 e. The van der Waals surface area contributed by atoms with Crippen molar-refractivity contribution < 1.29 is 4.74 Å². The molecule has 0 aliphatic rings. The summed E-state index contributed by atoms with van der Waals surface area (Å²) < 4.78 is 5.69. The number of hydrogen-bond donors (Lipinski definition) is 1. The molecular formula is C13H12OS. The van der Waals surface area contributed by atoms with E-state index in [0.717, 1.165) is 22.8 Å². The SMILES string of the molecule is SCc1cccc(Oc2ccccc2)c1. The van der Waals surface area contributed by atoms with Gasteiger partial charge in [-0.15, -0.1) is 0 Å². The van der Waals surface area contributed by atoms with Crippen molar-refractivity contribution in [1.82, 2.24) is 0 Å². The third-order valence-electron chi connectivity index (χ3n) is 2.06. The van der Waals surface area contributed by atoms with E-state index in [1.54, 1.807) is 0 Å². The lowest BCUT2D eigenvalue weighted by Gasteiger charge is -2.06. The van der Waals surface area contributed by atoms with E-state index in [-0.39, 0.29) is 0 Å². The molecule has 2 aromatic carbocycles. The Hall–Kier alpha value is -1.41. The molecule has 0 radical (unpaired) electrons. The average Bonchev–Trinajstić information content (AvgIpc) is 2.31. The van der Waals surface area contributed by atoms with Crippen molar-refractivity contribution in [2.75, 3.05) is 0 Å². The van der Waals surface area contributed by atoms with Gasteiger partial charge in [-0.1, -0.05) is 30.3 Å². The minimum absolute atomic E-state index is 0.728. The fourth-order valence-electron chi connectivity index (χ4n) is 1.33. The molecule has 0 fully saturated rings. The lowest BCUT2D eigenvalue weighted by atomic mass is 10.2. The molecule has 0 N–H and O–H groups in total. The molecule has 76 valence electrons. The summed E-state index contributed by atoms with van der Waals surface area (Å²) in [5, 5.41) is 0. The molecule has 0 atom stereocenters. The topological polar surface area (TPSA) is 9.23 Å². The molecule has 0 bridgehead atoms. The summed E-state index contributed by atoms with van der Waals surface area (Å²) >= 11 is 4.23. The molecule has 0 heterocycles. The lowest BCUT2D eigenvalue weighted by molar-refractivity contribution is 0.482. The number of rotatable bonds is 3. The molecule has 0 saturated carbocycles. The second-order valence-corrected chi connectivity index (χ2v) is 3.54. The van der Waals surface area contributed by atoms with Gasteiger partial charge < -0.3 is 4.74 Å². The Morgan fingerprint density at radius 1 is 0.867 bits per heavy atom. The van der Waals surface area contributed by atoms with Crippen LogP contribution in [-0.4, -0.2) is 0 Å². The van der Waals surface area contributed by atoms with Crippen LogP contribution in [-0.2, 0) is 5.75 Å². The Morgan fingerprint density at radius 2 is 1.60 bits per heavy atom. The van der Waals surface area contributed by atoms with Crippen molar-refractivity contribution >= 4 is 12.6 Å². The van der Waals surface area contributed by atoms with E-state index in [2.05, 4.69) is 12.6 Å². The first-order valence-corrected chi connectivity index (χ1v) is 5.44. The van der Waals surface area contributed by atoms with Crippen LogP contribution in [0, 0.1) is 0 Å². The van der Waals surface area contributed by atoms with E-state index in [1.165, 1.54) is 0 Å². The summed E-state index contributed by atoms with van der Waals surface area (Å²) in [7, 11) is 0. The van der Waals surface area contributed by atoms with Gasteiger partial charge in [-0.2, -0.15) is 12.6 Å². The summed E-state index contributed by atoms with van der Waals surface area (Å²) in [6.45, 7) is 0. The normalized spacial score (nSPS) is 9.93. The van der Waals surface area contributed by atoms with Crippen LogP contribution in [0.4, 0.5) is 0 Å². The lowest BCUT2D eigenvalue weighted by Crippen LogP contribution is -1.85. The zero-order valence-corrected chi connectivity index (χ0v) is 9.15. The molecule has 0 aromatic heterocycles. The molecule has 2 rings (SSSR count). The molecule has 1 nitrogen and oxygen atoms in total. The number of hydrogen-bond acceptors (Lipinski definition) is 2. The summed E-state index contributed by atoms with van der Waals surface area (Å²) in [5.74, 6) is 2.44. The first kappa shape index (κ1) is 10.1. The predicted octanol–water partition coefficient (Wildman–Crippen LogP) is 3.91. The van der Waals surface area contributed by atoms with Crippen LogP contribution >= 0.6 is 12.6 Å². The Labute approximate surface area is 95.1 Å². The van der Waals surface area contributed by atoms with E-state index in [9.17, 15) is 0 Å². The summed E-state index contributed by atoms with van der Waals surface area (Å²) in [5.41, 5.74) is 1.16. The highest BCUT2D eigenvalue weighted by atomic mass is 32.1. The molecular weight excluding hydrogens is 204 g/mol. The standard InChI is InChI=1S/C13H12OS/c15-10-11-5-4-8-13(9-11)14-12-6-2-1-3-7-12/h1-9,15H,10H2. The van der Waals surface area contributed by atoms with Gasteiger partial charge in [0.15, 0.2) is 0 Å². The van der Waals surface area contributed by atoms with Crippen LogP contribution in [0.3, 0.4) is 0 Å². The zero-order chi connectivity index (χ0) is 10.5. The van der Waals surface area contributed by atoms with Crippen molar-refractivity contribution in [2.24, 2.45) is 0 Å². The van der Waals surface area contributed by atoms with E-state index in [4.69, 9.17) is 4.74 Å². The molecule has 0 unspecified atom stereocenters. The zero-order valence-electron chi connectivity index (χ0n) is 8.26. The largest absolute Gasteiger partial charge is 0.457 e. The number of ether oxygens (including phenoxy) is 1. The highest BCUT2D eigenvalue weighted by Gasteiger charge is 1.96. The Morgan fingerprint density at radius 3 is 2.33 bits per heavy atom. The highest BCUT2D eigenvalue weighted by molar-refractivity contribution is 7.79. The summed E-state index contributed by atoms with van der Waals surface area (Å²) in [6.07, 6.45) is 0. The van der Waals surface area contributed by atoms with Gasteiger partial charge in [-0.3, -0.25) is 0 Å². The summed E-state index contributed by atoms with van der Waals surface area (Å²) in [6, 6.07) is 17.7. The molecule has 0 amide bonds. The maximum atomic E-state index is 5.69. The van der Waals surface area contributed by atoms with Gasteiger partial charge in [0.2, 0.25) is 0 Å². The van der Waals surface area contributed by atoms with Gasteiger partial charge in [0.1, 0.15) is 11.5 Å². The van der Waals surface area contributed by atoms with Crippen molar-refractivity contribution in [1.29, 1.82) is 0 Å². The Bertz CT molecular complexity index is 426. The first-order valence-electron chi connectivity index (χ1n) is 4.81. The van der Waals surface area contributed by atoms with E-state index >= 15 is 0 Å². The highest BCUT2D eigenvalue weighted by Crippen LogP contribution is 2.22. The van der Waals surface area contributed by atoms with Gasteiger partial charge >= 0.3 is 0 Å². The summed E-state index contributed by atoms with van der Waals surface area (Å²) in [4.78, 5) is 0. The minimum atomic E-state index is 0.728. The molecule has 15 heavy (non-hydrogen) atoms. The number of thiol groups is 1. The molecule has 0 aliphatic heterocycles. The van der Waals surface area contributed by atoms with Crippen molar-refractivity contribution in [2.45, 2.75) is 5.75 Å². The van der Waals surface area contributed by atoms with E-state index < -0.39 is 0 Å². The number of para-hydroxylation sites is 1. The van der Waals surface area contributed by atoms with Gasteiger partial charge in [0.05, 0.1) is 0 Å². The van der Waals surface area contributed by atoms with Crippen LogP contribution in [0.15, 0.2) is 54.6 Å². The third-order valence-corrected chi connectivity index (χ3v) is 2.43. The predicted molar refractivity (Wildman–Crippen MR) is 65.6 cm³/mol. The Balaban J connectivity index is 2.17. The first-order chi connectivity index (χ1) is 7.38. The maximum Gasteiger partial charge on any atom is 0.127 e. The third kappa shape index (κ3) is 2.77. The van der Waals surface area contributed by atoms with Gasteiger partial charge in [-0.05, 0) is 29.8 Å². The van der Waals surface area contributed by atoms with Crippen LogP contribution in [0.1, 0.15) is 5.56 Å². The molecule has 2 aromatic rings. The Kier molecular flexibility index (Phi) is 3.30. The monoisotopic (exact) mass is 216 g/mol.